The predicted octanol–water partition coefficient (Wildman–Crippen LogP) is 2.58. The first-order chi connectivity index (χ1) is 10.6. The maximum absolute atomic E-state index is 12.1. The van der Waals surface area contributed by atoms with Crippen molar-refractivity contribution in [3.63, 3.8) is 0 Å². The number of hydrogen-bond donors (Lipinski definition) is 1. The van der Waals surface area contributed by atoms with E-state index in [9.17, 15) is 9.59 Å². The Kier molecular flexibility index (Phi) is 4.13. The van der Waals surface area contributed by atoms with E-state index >= 15 is 0 Å². The molecule has 1 saturated heterocycles. The molecule has 0 aliphatic carbocycles. The van der Waals surface area contributed by atoms with E-state index in [2.05, 4.69) is 11.9 Å². The van der Waals surface area contributed by atoms with Gasteiger partial charge in [0, 0.05) is 24.0 Å². The van der Waals surface area contributed by atoms with Crippen LogP contribution in [-0.4, -0.2) is 41.5 Å². The number of aromatic amines is 1. The first-order valence-corrected chi connectivity index (χ1v) is 7.66. The zero-order valence-electron chi connectivity index (χ0n) is 12.7. The van der Waals surface area contributed by atoms with Crippen LogP contribution in [0.2, 0.25) is 0 Å². The molecule has 5 nitrogen and oxygen atoms in total. The number of nitrogens with zero attached hydrogens (tertiary/aromatic N) is 1. The molecule has 1 fully saturated rings. The van der Waals surface area contributed by atoms with Crippen molar-refractivity contribution in [2.75, 3.05) is 19.7 Å². The van der Waals surface area contributed by atoms with Gasteiger partial charge in [0.25, 0.3) is 5.91 Å². The average molecular weight is 300 g/mol. The summed E-state index contributed by atoms with van der Waals surface area (Å²) >= 11 is 0. The number of esters is 1. The van der Waals surface area contributed by atoms with Crippen LogP contribution in [0.1, 0.15) is 30.3 Å². The van der Waals surface area contributed by atoms with Gasteiger partial charge in [-0.2, -0.15) is 0 Å². The molecule has 2 heterocycles. The Bertz CT molecular complexity index is 659. The first kappa shape index (κ1) is 14.6. The van der Waals surface area contributed by atoms with Crippen LogP contribution in [-0.2, 0) is 9.53 Å². The lowest BCUT2D eigenvalue weighted by atomic mass is 10.0. The van der Waals surface area contributed by atoms with Crippen LogP contribution in [0.15, 0.2) is 30.3 Å². The summed E-state index contributed by atoms with van der Waals surface area (Å²) in [6.45, 7) is 3.45. The Morgan fingerprint density at radius 3 is 2.95 bits per heavy atom. The van der Waals surface area contributed by atoms with E-state index in [1.54, 1.807) is 11.0 Å². The van der Waals surface area contributed by atoms with Crippen molar-refractivity contribution in [3.8, 4) is 0 Å². The van der Waals surface area contributed by atoms with Gasteiger partial charge >= 0.3 is 5.97 Å². The van der Waals surface area contributed by atoms with E-state index < -0.39 is 5.97 Å². The Hall–Kier alpha value is -2.30. The monoisotopic (exact) mass is 300 g/mol. The van der Waals surface area contributed by atoms with Gasteiger partial charge in [0.2, 0.25) is 0 Å². The topological polar surface area (TPSA) is 62.4 Å². The van der Waals surface area contributed by atoms with Crippen molar-refractivity contribution in [1.82, 2.24) is 9.88 Å². The summed E-state index contributed by atoms with van der Waals surface area (Å²) < 4.78 is 5.15. The molecule has 5 heteroatoms. The van der Waals surface area contributed by atoms with Crippen LogP contribution in [0.3, 0.4) is 0 Å². The molecule has 1 N–H and O–H groups in total. The zero-order chi connectivity index (χ0) is 15.5. The van der Waals surface area contributed by atoms with Gasteiger partial charge in [-0.1, -0.05) is 25.1 Å². The molecule has 1 amide bonds. The van der Waals surface area contributed by atoms with Gasteiger partial charge in [0.15, 0.2) is 6.61 Å². The molecule has 1 aliphatic rings. The van der Waals surface area contributed by atoms with Gasteiger partial charge in [-0.3, -0.25) is 4.79 Å². The van der Waals surface area contributed by atoms with E-state index in [1.807, 2.05) is 24.3 Å². The summed E-state index contributed by atoms with van der Waals surface area (Å²) in [7, 11) is 0. The molecule has 116 valence electrons. The second-order valence-corrected chi connectivity index (χ2v) is 5.93. The highest BCUT2D eigenvalue weighted by molar-refractivity contribution is 5.95. The standard InChI is InChI=1S/C17H20N2O3/c1-12-5-4-8-19(10-12)16(20)11-22-17(21)15-9-13-6-2-3-7-14(13)18-15/h2-3,6-7,9,12,18H,4-5,8,10-11H2,1H3. The third-order valence-electron chi connectivity index (χ3n) is 4.09. The summed E-state index contributed by atoms with van der Waals surface area (Å²) in [6, 6.07) is 9.36. The van der Waals surface area contributed by atoms with Crippen LogP contribution >= 0.6 is 0 Å². The van der Waals surface area contributed by atoms with Crippen molar-refractivity contribution in [2.24, 2.45) is 5.92 Å². The second kappa shape index (κ2) is 6.22. The predicted molar refractivity (Wildman–Crippen MR) is 83.6 cm³/mol. The van der Waals surface area contributed by atoms with E-state index in [0.29, 0.717) is 11.6 Å². The van der Waals surface area contributed by atoms with E-state index in [4.69, 9.17) is 4.74 Å². The molecule has 0 saturated carbocycles. The van der Waals surface area contributed by atoms with Crippen LogP contribution in [0.5, 0.6) is 0 Å². The Morgan fingerprint density at radius 2 is 2.18 bits per heavy atom. The molecular formula is C17H20N2O3. The molecule has 3 rings (SSSR count). The van der Waals surface area contributed by atoms with Crippen LogP contribution in [0.4, 0.5) is 0 Å². The van der Waals surface area contributed by atoms with Crippen molar-refractivity contribution in [1.29, 1.82) is 0 Å². The maximum atomic E-state index is 12.1. The lowest BCUT2D eigenvalue weighted by molar-refractivity contribution is -0.136. The number of para-hydroxylation sites is 1. The summed E-state index contributed by atoms with van der Waals surface area (Å²) in [5, 5.41) is 0.950. The number of H-pyrrole nitrogens is 1. The second-order valence-electron chi connectivity index (χ2n) is 5.93. The fourth-order valence-electron chi connectivity index (χ4n) is 2.90. The number of carbonyl (C=O) groups excluding carboxylic acids is 2. The number of ether oxygens (including phenoxy) is 1. The molecule has 22 heavy (non-hydrogen) atoms. The third-order valence-corrected chi connectivity index (χ3v) is 4.09. The fourth-order valence-corrected chi connectivity index (χ4v) is 2.90. The van der Waals surface area contributed by atoms with Crippen molar-refractivity contribution in [2.45, 2.75) is 19.8 Å². The number of benzene rings is 1. The van der Waals surface area contributed by atoms with Crippen LogP contribution in [0.25, 0.3) is 10.9 Å². The minimum Gasteiger partial charge on any atom is -0.451 e. The molecule has 0 radical (unpaired) electrons. The molecule has 1 aromatic carbocycles. The van der Waals surface area contributed by atoms with Gasteiger partial charge in [-0.15, -0.1) is 0 Å². The zero-order valence-corrected chi connectivity index (χ0v) is 12.7. The summed E-state index contributed by atoms with van der Waals surface area (Å²) in [5.41, 5.74) is 1.26. The summed E-state index contributed by atoms with van der Waals surface area (Å²) in [4.78, 5) is 28.9. The first-order valence-electron chi connectivity index (χ1n) is 7.66. The van der Waals surface area contributed by atoms with E-state index in [-0.39, 0.29) is 12.5 Å². The molecule has 1 unspecified atom stereocenters. The minimum absolute atomic E-state index is 0.115. The number of rotatable bonds is 3. The highest BCUT2D eigenvalue weighted by Gasteiger charge is 2.22. The maximum Gasteiger partial charge on any atom is 0.355 e. The summed E-state index contributed by atoms with van der Waals surface area (Å²) in [5.74, 6) is -0.0901. The minimum atomic E-state index is -0.491. The average Bonchev–Trinajstić information content (AvgIpc) is 2.96. The number of amides is 1. The van der Waals surface area contributed by atoms with Crippen LogP contribution in [0, 0.1) is 5.92 Å². The number of piperidine rings is 1. The molecule has 1 atom stereocenters. The van der Waals surface area contributed by atoms with Crippen molar-refractivity contribution < 1.29 is 14.3 Å². The molecule has 0 spiro atoms. The van der Waals surface area contributed by atoms with Crippen LogP contribution < -0.4 is 0 Å². The Morgan fingerprint density at radius 1 is 1.36 bits per heavy atom. The lowest BCUT2D eigenvalue weighted by Crippen LogP contribution is -2.41. The number of likely N-dealkylation sites (tertiary alicyclic amines) is 1. The highest BCUT2D eigenvalue weighted by Crippen LogP contribution is 2.17. The fraction of sp³-hybridized carbons (Fsp3) is 0.412. The number of aromatic nitrogens is 1. The van der Waals surface area contributed by atoms with Crippen molar-refractivity contribution >= 4 is 22.8 Å². The molecule has 0 bridgehead atoms. The lowest BCUT2D eigenvalue weighted by Gasteiger charge is -2.30. The van der Waals surface area contributed by atoms with Gasteiger partial charge < -0.3 is 14.6 Å². The Labute approximate surface area is 129 Å². The number of nitrogens with one attached hydrogen (secondary N) is 1. The van der Waals surface area contributed by atoms with E-state index in [0.717, 1.165) is 36.8 Å². The molecule has 2 aromatic rings. The molecule has 1 aromatic heterocycles. The van der Waals surface area contributed by atoms with Gasteiger partial charge in [-0.05, 0) is 30.9 Å². The number of hydrogen-bond acceptors (Lipinski definition) is 3. The summed E-state index contributed by atoms with van der Waals surface area (Å²) in [6.07, 6.45) is 2.17. The quantitative estimate of drug-likeness (QED) is 0.886. The smallest absolute Gasteiger partial charge is 0.355 e. The molecule has 1 aliphatic heterocycles. The third kappa shape index (κ3) is 3.13. The number of fused-ring (bicyclic) bond motifs is 1. The molecular weight excluding hydrogens is 280 g/mol. The van der Waals surface area contributed by atoms with Crippen molar-refractivity contribution in [3.05, 3.63) is 36.0 Å². The largest absolute Gasteiger partial charge is 0.451 e. The van der Waals surface area contributed by atoms with Gasteiger partial charge in [-0.25, -0.2) is 4.79 Å². The highest BCUT2D eigenvalue weighted by atomic mass is 16.5. The SMILES string of the molecule is CC1CCCN(C(=O)COC(=O)c2cc3ccccc3[nH]2)C1. The van der Waals surface area contributed by atoms with Gasteiger partial charge in [0.1, 0.15) is 5.69 Å². The van der Waals surface area contributed by atoms with Gasteiger partial charge in [0.05, 0.1) is 0 Å². The van der Waals surface area contributed by atoms with E-state index in [1.165, 1.54) is 0 Å². The normalized spacial score (nSPS) is 18.4. The number of carbonyl (C=O) groups is 2. The Balaban J connectivity index is 1.58.